The summed E-state index contributed by atoms with van der Waals surface area (Å²) in [6, 6.07) is 4.24. The highest BCUT2D eigenvalue weighted by Gasteiger charge is 2.22. The van der Waals surface area contributed by atoms with Crippen molar-refractivity contribution in [2.75, 3.05) is 18.4 Å². The molecule has 1 unspecified atom stereocenters. The number of halogens is 1. The second-order valence-corrected chi connectivity index (χ2v) is 4.43. The number of benzene rings is 1. The van der Waals surface area contributed by atoms with Crippen LogP contribution in [-0.4, -0.2) is 24.1 Å². The first kappa shape index (κ1) is 12.8. The zero-order valence-electron chi connectivity index (χ0n) is 9.99. The Morgan fingerprint density at radius 2 is 2.28 bits per heavy atom. The predicted octanol–water partition coefficient (Wildman–Crippen LogP) is 2.29. The molecule has 0 radical (unpaired) electrons. The number of anilines is 1. The second-order valence-electron chi connectivity index (χ2n) is 4.43. The highest BCUT2D eigenvalue weighted by atomic mass is 19.1. The van der Waals surface area contributed by atoms with Crippen LogP contribution in [0.25, 0.3) is 0 Å². The Labute approximate surface area is 105 Å². The van der Waals surface area contributed by atoms with E-state index in [0.717, 1.165) is 38.4 Å². The van der Waals surface area contributed by atoms with Crippen LogP contribution in [0.2, 0.25) is 0 Å². The summed E-state index contributed by atoms with van der Waals surface area (Å²) in [5.74, 6) is -0.799. The Bertz CT molecular complexity index is 431. The van der Waals surface area contributed by atoms with Crippen molar-refractivity contribution in [3.05, 3.63) is 34.1 Å². The Morgan fingerprint density at radius 3 is 3.06 bits per heavy atom. The van der Waals surface area contributed by atoms with Crippen LogP contribution in [0.15, 0.2) is 18.2 Å². The van der Waals surface area contributed by atoms with Gasteiger partial charge in [0.15, 0.2) is 0 Å². The van der Waals surface area contributed by atoms with Gasteiger partial charge < -0.3 is 10.6 Å². The number of nitro benzene ring substituents is 1. The monoisotopic (exact) mass is 253 g/mol. The van der Waals surface area contributed by atoms with E-state index in [2.05, 4.69) is 10.6 Å². The first-order chi connectivity index (χ1) is 8.68. The molecule has 0 bridgehead atoms. The van der Waals surface area contributed by atoms with Gasteiger partial charge in [-0.25, -0.2) is 0 Å². The maximum atomic E-state index is 13.4. The van der Waals surface area contributed by atoms with Crippen molar-refractivity contribution in [3.8, 4) is 0 Å². The molecule has 1 aromatic carbocycles. The number of hydrogen-bond donors (Lipinski definition) is 2. The van der Waals surface area contributed by atoms with Crippen LogP contribution in [0.4, 0.5) is 15.8 Å². The molecule has 0 aliphatic carbocycles. The second kappa shape index (κ2) is 5.77. The van der Waals surface area contributed by atoms with E-state index in [4.69, 9.17) is 0 Å². The van der Waals surface area contributed by atoms with Crippen LogP contribution in [0.5, 0.6) is 0 Å². The number of nitro groups is 1. The summed E-state index contributed by atoms with van der Waals surface area (Å²) in [6.45, 7) is 1.71. The van der Waals surface area contributed by atoms with Crippen molar-refractivity contribution >= 4 is 11.4 Å². The maximum absolute atomic E-state index is 13.4. The zero-order chi connectivity index (χ0) is 13.0. The van der Waals surface area contributed by atoms with Crippen LogP contribution in [-0.2, 0) is 0 Å². The van der Waals surface area contributed by atoms with E-state index in [-0.39, 0.29) is 11.7 Å². The van der Waals surface area contributed by atoms with Gasteiger partial charge in [-0.1, -0.05) is 12.5 Å². The van der Waals surface area contributed by atoms with Crippen LogP contribution in [0, 0.1) is 15.9 Å². The molecule has 2 N–H and O–H groups in total. The standard InChI is InChI=1S/C12H16FN3O2/c13-10-5-3-6-11(12(10)16(17)18)15-9-4-1-2-7-14-8-9/h3,5-6,9,14-15H,1-2,4,7-8H2. The fraction of sp³-hybridized carbons (Fsp3) is 0.500. The largest absolute Gasteiger partial charge is 0.375 e. The van der Waals surface area contributed by atoms with Crippen molar-refractivity contribution in [2.24, 2.45) is 0 Å². The van der Waals surface area contributed by atoms with Gasteiger partial charge in [-0.3, -0.25) is 10.1 Å². The summed E-state index contributed by atoms with van der Waals surface area (Å²) in [5.41, 5.74) is -0.213. The van der Waals surface area contributed by atoms with Gasteiger partial charge in [-0.05, 0) is 31.5 Å². The minimum absolute atomic E-state index is 0.105. The average Bonchev–Trinajstić information content (AvgIpc) is 2.57. The van der Waals surface area contributed by atoms with Crippen molar-refractivity contribution in [1.29, 1.82) is 0 Å². The van der Waals surface area contributed by atoms with Crippen LogP contribution < -0.4 is 10.6 Å². The molecule has 98 valence electrons. The van der Waals surface area contributed by atoms with Gasteiger partial charge in [0, 0.05) is 12.6 Å². The van der Waals surface area contributed by atoms with Gasteiger partial charge in [0.2, 0.25) is 5.82 Å². The van der Waals surface area contributed by atoms with Crippen molar-refractivity contribution in [2.45, 2.75) is 25.3 Å². The summed E-state index contributed by atoms with van der Waals surface area (Å²) in [7, 11) is 0. The first-order valence-electron chi connectivity index (χ1n) is 6.08. The van der Waals surface area contributed by atoms with E-state index in [0.29, 0.717) is 0 Å². The molecule has 1 fully saturated rings. The molecule has 2 rings (SSSR count). The van der Waals surface area contributed by atoms with Crippen LogP contribution in [0.1, 0.15) is 19.3 Å². The van der Waals surface area contributed by atoms with Crippen molar-refractivity contribution in [3.63, 3.8) is 0 Å². The molecule has 1 saturated heterocycles. The minimum atomic E-state index is -0.799. The third-order valence-electron chi connectivity index (χ3n) is 3.08. The Balaban J connectivity index is 2.17. The summed E-state index contributed by atoms with van der Waals surface area (Å²) >= 11 is 0. The zero-order valence-corrected chi connectivity index (χ0v) is 9.99. The summed E-state index contributed by atoms with van der Waals surface area (Å²) < 4.78 is 13.4. The Hall–Kier alpha value is -1.69. The van der Waals surface area contributed by atoms with Gasteiger partial charge in [0.05, 0.1) is 4.92 Å². The molecule has 6 heteroatoms. The summed E-state index contributed by atoms with van der Waals surface area (Å²) in [6.07, 6.45) is 3.10. The summed E-state index contributed by atoms with van der Waals surface area (Å²) in [5, 5.41) is 17.2. The van der Waals surface area contributed by atoms with E-state index in [1.807, 2.05) is 0 Å². The Kier molecular flexibility index (Phi) is 4.09. The lowest BCUT2D eigenvalue weighted by Gasteiger charge is -2.17. The van der Waals surface area contributed by atoms with Crippen molar-refractivity contribution in [1.82, 2.24) is 5.32 Å². The van der Waals surface area contributed by atoms with E-state index >= 15 is 0 Å². The lowest BCUT2D eigenvalue weighted by molar-refractivity contribution is -0.386. The van der Waals surface area contributed by atoms with Gasteiger partial charge in [0.25, 0.3) is 0 Å². The number of rotatable bonds is 3. The van der Waals surface area contributed by atoms with Gasteiger partial charge in [-0.2, -0.15) is 4.39 Å². The highest BCUT2D eigenvalue weighted by molar-refractivity contribution is 5.62. The minimum Gasteiger partial charge on any atom is -0.375 e. The topological polar surface area (TPSA) is 67.2 Å². The first-order valence-corrected chi connectivity index (χ1v) is 6.08. The van der Waals surface area contributed by atoms with Crippen LogP contribution in [0.3, 0.4) is 0 Å². The fourth-order valence-electron chi connectivity index (χ4n) is 2.18. The molecule has 0 saturated carbocycles. The quantitative estimate of drug-likeness (QED) is 0.640. The molecule has 1 aliphatic rings. The molecule has 0 aromatic heterocycles. The molecular weight excluding hydrogens is 237 g/mol. The molecule has 1 aromatic rings. The third kappa shape index (κ3) is 2.95. The Morgan fingerprint density at radius 1 is 1.44 bits per heavy atom. The third-order valence-corrected chi connectivity index (χ3v) is 3.08. The lowest BCUT2D eigenvalue weighted by Crippen LogP contribution is -2.31. The SMILES string of the molecule is O=[N+]([O-])c1c(F)cccc1NC1CCCCNC1. The van der Waals surface area contributed by atoms with Gasteiger partial charge >= 0.3 is 5.69 Å². The van der Waals surface area contributed by atoms with E-state index < -0.39 is 16.4 Å². The molecular formula is C12H16FN3O2. The number of para-hydroxylation sites is 1. The van der Waals surface area contributed by atoms with Gasteiger partial charge in [0.1, 0.15) is 5.69 Å². The molecule has 0 spiro atoms. The lowest BCUT2D eigenvalue weighted by atomic mass is 10.1. The molecule has 1 aliphatic heterocycles. The molecule has 18 heavy (non-hydrogen) atoms. The number of nitrogens with zero attached hydrogens (tertiary/aromatic N) is 1. The van der Waals surface area contributed by atoms with Gasteiger partial charge in [-0.15, -0.1) is 0 Å². The number of nitrogens with one attached hydrogen (secondary N) is 2. The number of hydrogen-bond acceptors (Lipinski definition) is 4. The average molecular weight is 253 g/mol. The molecule has 0 amide bonds. The normalized spacial score (nSPS) is 20.2. The molecule has 1 heterocycles. The molecule has 5 nitrogen and oxygen atoms in total. The fourth-order valence-corrected chi connectivity index (χ4v) is 2.18. The molecule has 1 atom stereocenters. The smallest absolute Gasteiger partial charge is 0.327 e. The summed E-state index contributed by atoms with van der Waals surface area (Å²) in [4.78, 5) is 10.2. The van der Waals surface area contributed by atoms with E-state index in [9.17, 15) is 14.5 Å². The van der Waals surface area contributed by atoms with E-state index in [1.54, 1.807) is 6.07 Å². The highest BCUT2D eigenvalue weighted by Crippen LogP contribution is 2.28. The van der Waals surface area contributed by atoms with E-state index in [1.165, 1.54) is 6.07 Å². The predicted molar refractivity (Wildman–Crippen MR) is 67.2 cm³/mol. The maximum Gasteiger partial charge on any atom is 0.327 e. The van der Waals surface area contributed by atoms with Crippen LogP contribution >= 0.6 is 0 Å². The van der Waals surface area contributed by atoms with Crippen molar-refractivity contribution < 1.29 is 9.31 Å².